The smallest absolute Gasteiger partial charge is 0.376 e. The minimum Gasteiger partial charge on any atom is -0.460 e. The number of ether oxygens (including phenoxy) is 2. The van der Waals surface area contributed by atoms with Crippen molar-refractivity contribution in [1.82, 2.24) is 10.3 Å². The molecule has 3 aromatic rings. The molecule has 6 heteroatoms. The van der Waals surface area contributed by atoms with Gasteiger partial charge in [-0.15, -0.1) is 0 Å². The Kier molecular flexibility index (Phi) is 5.39. The lowest BCUT2D eigenvalue weighted by atomic mass is 10.1. The molecule has 1 N–H and O–H groups in total. The average Bonchev–Trinajstić information content (AvgIpc) is 3.40. The van der Waals surface area contributed by atoms with Crippen molar-refractivity contribution < 1.29 is 18.7 Å². The Morgan fingerprint density at radius 3 is 2.57 bits per heavy atom. The number of rotatable bonds is 6. The summed E-state index contributed by atoms with van der Waals surface area (Å²) in [5.41, 5.74) is 1.29. The summed E-state index contributed by atoms with van der Waals surface area (Å²) in [4.78, 5) is 17.0. The molecule has 0 bridgehead atoms. The summed E-state index contributed by atoms with van der Waals surface area (Å²) in [6.07, 6.45) is 0.937. The Morgan fingerprint density at radius 2 is 1.89 bits per heavy atom. The Morgan fingerprint density at radius 1 is 1.14 bits per heavy atom. The van der Waals surface area contributed by atoms with Crippen LogP contribution in [-0.2, 0) is 4.74 Å². The third kappa shape index (κ3) is 3.92. The Bertz CT molecular complexity index is 929. The van der Waals surface area contributed by atoms with E-state index in [9.17, 15) is 4.79 Å². The molecule has 1 unspecified atom stereocenters. The van der Waals surface area contributed by atoms with E-state index in [1.165, 1.54) is 0 Å². The number of hydrogen-bond donors (Lipinski definition) is 1. The van der Waals surface area contributed by atoms with E-state index in [2.05, 4.69) is 10.3 Å². The first-order chi connectivity index (χ1) is 13.7. The van der Waals surface area contributed by atoms with Crippen molar-refractivity contribution in [2.75, 3.05) is 19.7 Å². The van der Waals surface area contributed by atoms with Crippen LogP contribution >= 0.6 is 0 Å². The second kappa shape index (κ2) is 8.27. The molecule has 0 saturated carbocycles. The van der Waals surface area contributed by atoms with E-state index in [1.54, 1.807) is 6.92 Å². The first-order valence-electron chi connectivity index (χ1n) is 9.46. The molecular weight excluding hydrogens is 356 g/mol. The first kappa shape index (κ1) is 18.3. The van der Waals surface area contributed by atoms with Gasteiger partial charge in [0.1, 0.15) is 17.2 Å². The molecular formula is C22H22N2O4. The van der Waals surface area contributed by atoms with Gasteiger partial charge in [0.25, 0.3) is 0 Å². The average molecular weight is 378 g/mol. The Labute approximate surface area is 163 Å². The zero-order chi connectivity index (χ0) is 19.3. The van der Waals surface area contributed by atoms with Crippen molar-refractivity contribution in [2.24, 2.45) is 0 Å². The lowest BCUT2D eigenvalue weighted by Gasteiger charge is -2.06. The van der Waals surface area contributed by atoms with Gasteiger partial charge in [0.2, 0.25) is 5.76 Å². The van der Waals surface area contributed by atoms with Crippen LogP contribution < -0.4 is 10.1 Å². The number of esters is 1. The van der Waals surface area contributed by atoms with Gasteiger partial charge in [0, 0.05) is 18.0 Å². The van der Waals surface area contributed by atoms with Gasteiger partial charge < -0.3 is 19.2 Å². The summed E-state index contributed by atoms with van der Waals surface area (Å²) in [5.74, 6) is 1.87. The lowest BCUT2D eigenvalue weighted by Crippen LogP contribution is -2.08. The zero-order valence-corrected chi connectivity index (χ0v) is 15.7. The van der Waals surface area contributed by atoms with Crippen molar-refractivity contribution in [1.29, 1.82) is 0 Å². The molecule has 4 rings (SSSR count). The van der Waals surface area contributed by atoms with Crippen LogP contribution in [0.5, 0.6) is 11.5 Å². The topological polar surface area (TPSA) is 73.6 Å². The van der Waals surface area contributed by atoms with Crippen molar-refractivity contribution in [3.8, 4) is 22.8 Å². The van der Waals surface area contributed by atoms with Crippen molar-refractivity contribution in [2.45, 2.75) is 19.3 Å². The van der Waals surface area contributed by atoms with Gasteiger partial charge in [-0.1, -0.05) is 18.2 Å². The number of carbonyl (C=O) groups excluding carboxylic acids is 1. The summed E-state index contributed by atoms with van der Waals surface area (Å²) < 4.78 is 16.8. The quantitative estimate of drug-likeness (QED) is 0.642. The Hall–Kier alpha value is -3.12. The van der Waals surface area contributed by atoms with Crippen LogP contribution in [0, 0.1) is 0 Å². The molecule has 144 valence electrons. The highest BCUT2D eigenvalue weighted by atomic mass is 16.5. The van der Waals surface area contributed by atoms with Gasteiger partial charge in [0.15, 0.2) is 5.89 Å². The first-order valence-corrected chi connectivity index (χ1v) is 9.46. The number of hydrogen-bond acceptors (Lipinski definition) is 6. The third-order valence-corrected chi connectivity index (χ3v) is 4.62. The van der Waals surface area contributed by atoms with Gasteiger partial charge in [-0.3, -0.25) is 0 Å². The zero-order valence-electron chi connectivity index (χ0n) is 15.7. The fourth-order valence-electron chi connectivity index (χ4n) is 3.21. The molecule has 0 radical (unpaired) electrons. The van der Waals surface area contributed by atoms with Gasteiger partial charge in [-0.25, -0.2) is 9.78 Å². The van der Waals surface area contributed by atoms with E-state index in [4.69, 9.17) is 13.9 Å². The molecule has 1 aromatic heterocycles. The normalized spacial score (nSPS) is 16.1. The van der Waals surface area contributed by atoms with Crippen LogP contribution in [0.25, 0.3) is 11.3 Å². The van der Waals surface area contributed by atoms with E-state index >= 15 is 0 Å². The Balaban J connectivity index is 1.62. The molecule has 1 aliphatic heterocycles. The fraction of sp³-hybridized carbons (Fsp3) is 0.273. The minimum absolute atomic E-state index is 0.153. The molecule has 0 spiro atoms. The summed E-state index contributed by atoms with van der Waals surface area (Å²) in [6.45, 7) is 3.77. The van der Waals surface area contributed by atoms with Crippen LogP contribution in [0.15, 0.2) is 59.0 Å². The van der Waals surface area contributed by atoms with Gasteiger partial charge in [-0.05, 0) is 56.3 Å². The third-order valence-electron chi connectivity index (χ3n) is 4.62. The van der Waals surface area contributed by atoms with Crippen LogP contribution in [0.3, 0.4) is 0 Å². The van der Waals surface area contributed by atoms with Crippen LogP contribution in [0.1, 0.15) is 35.7 Å². The van der Waals surface area contributed by atoms with E-state index in [-0.39, 0.29) is 18.3 Å². The van der Waals surface area contributed by atoms with Crippen molar-refractivity contribution in [3.05, 3.63) is 66.2 Å². The van der Waals surface area contributed by atoms with E-state index < -0.39 is 5.97 Å². The molecule has 0 aliphatic carbocycles. The molecule has 0 amide bonds. The second-order valence-corrected chi connectivity index (χ2v) is 6.58. The van der Waals surface area contributed by atoms with Crippen LogP contribution in [0.2, 0.25) is 0 Å². The molecule has 1 atom stereocenters. The monoisotopic (exact) mass is 378 g/mol. The molecule has 2 heterocycles. The van der Waals surface area contributed by atoms with Crippen molar-refractivity contribution in [3.63, 3.8) is 0 Å². The maximum absolute atomic E-state index is 12.4. The highest BCUT2D eigenvalue weighted by molar-refractivity contribution is 5.93. The molecule has 1 saturated heterocycles. The molecule has 6 nitrogen and oxygen atoms in total. The predicted molar refractivity (Wildman–Crippen MR) is 105 cm³/mol. The van der Waals surface area contributed by atoms with Gasteiger partial charge in [-0.2, -0.15) is 0 Å². The second-order valence-electron chi connectivity index (χ2n) is 6.58. The summed E-state index contributed by atoms with van der Waals surface area (Å²) >= 11 is 0. The number of carbonyl (C=O) groups is 1. The van der Waals surface area contributed by atoms with Gasteiger partial charge in [0.05, 0.1) is 6.61 Å². The minimum atomic E-state index is -0.494. The number of oxazole rings is 1. The SMILES string of the molecule is CCOC(=O)c1oc(C2CCNC2)nc1-c1ccc(Oc2ccccc2)cc1. The highest BCUT2D eigenvalue weighted by Crippen LogP contribution is 2.32. The maximum atomic E-state index is 12.4. The number of benzene rings is 2. The number of aromatic nitrogens is 1. The molecule has 1 fully saturated rings. The molecule has 2 aromatic carbocycles. The predicted octanol–water partition coefficient (Wildman–Crippen LogP) is 4.39. The van der Waals surface area contributed by atoms with Crippen LogP contribution in [0.4, 0.5) is 0 Å². The van der Waals surface area contributed by atoms with E-state index in [0.29, 0.717) is 17.3 Å². The molecule has 28 heavy (non-hydrogen) atoms. The summed E-state index contributed by atoms with van der Waals surface area (Å²) in [5, 5.41) is 3.29. The summed E-state index contributed by atoms with van der Waals surface area (Å²) in [7, 11) is 0. The highest BCUT2D eigenvalue weighted by Gasteiger charge is 2.28. The van der Waals surface area contributed by atoms with E-state index in [1.807, 2.05) is 54.6 Å². The van der Waals surface area contributed by atoms with E-state index in [0.717, 1.165) is 30.8 Å². The summed E-state index contributed by atoms with van der Waals surface area (Å²) in [6, 6.07) is 17.0. The number of para-hydroxylation sites is 1. The number of nitrogens with zero attached hydrogens (tertiary/aromatic N) is 1. The lowest BCUT2D eigenvalue weighted by molar-refractivity contribution is 0.0488. The maximum Gasteiger partial charge on any atom is 0.376 e. The largest absolute Gasteiger partial charge is 0.460 e. The van der Waals surface area contributed by atoms with Crippen LogP contribution in [-0.4, -0.2) is 30.6 Å². The standard InChI is InChI=1S/C22H22N2O4/c1-2-26-22(25)20-19(24-21(28-20)16-12-13-23-14-16)15-8-10-18(11-9-15)27-17-6-4-3-5-7-17/h3-11,16,23H,2,12-14H2,1H3. The van der Waals surface area contributed by atoms with Crippen molar-refractivity contribution >= 4 is 5.97 Å². The van der Waals surface area contributed by atoms with Gasteiger partial charge >= 0.3 is 5.97 Å². The fourth-order valence-corrected chi connectivity index (χ4v) is 3.21. The molecule has 1 aliphatic rings. The number of nitrogens with one attached hydrogen (secondary N) is 1.